The number of ether oxygens (including phenoxy) is 2. The molecule has 1 heterocycles. The Bertz CT molecular complexity index is 515. The zero-order valence-electron chi connectivity index (χ0n) is 17.7. The molecule has 3 N–H and O–H groups in total. The fourth-order valence-corrected chi connectivity index (χ4v) is 3.36. The Hall–Kier alpha value is -1.60. The van der Waals surface area contributed by atoms with Gasteiger partial charge in [-0.05, 0) is 6.42 Å². The van der Waals surface area contributed by atoms with Crippen LogP contribution in [-0.2, 0) is 19.1 Å². The van der Waals surface area contributed by atoms with Crippen molar-refractivity contribution in [2.75, 3.05) is 6.61 Å². The Morgan fingerprint density at radius 1 is 0.966 bits per heavy atom. The predicted octanol–water partition coefficient (Wildman–Crippen LogP) is 4.06. The summed E-state index contributed by atoms with van der Waals surface area (Å²) in [4.78, 5) is 23.5. The molecule has 0 spiro atoms. The minimum absolute atomic E-state index is 0.148. The van der Waals surface area contributed by atoms with Gasteiger partial charge < -0.3 is 24.8 Å². The zero-order chi connectivity index (χ0) is 21.5. The SMILES string of the molecule is CCCCCCCCCCCCCCCC(=O)OC1=C(O)[C@@H]([C@@H](O)CO)OC1=O. The van der Waals surface area contributed by atoms with Crippen LogP contribution in [0.25, 0.3) is 0 Å². The van der Waals surface area contributed by atoms with Gasteiger partial charge in [0.2, 0.25) is 0 Å². The molecule has 0 saturated heterocycles. The van der Waals surface area contributed by atoms with E-state index in [1.165, 1.54) is 57.8 Å². The molecule has 0 aromatic rings. The topological polar surface area (TPSA) is 113 Å². The lowest BCUT2D eigenvalue weighted by atomic mass is 10.0. The molecule has 1 aliphatic rings. The monoisotopic (exact) mass is 414 g/mol. The summed E-state index contributed by atoms with van der Waals surface area (Å²) in [5, 5.41) is 28.2. The molecule has 168 valence electrons. The van der Waals surface area contributed by atoms with Gasteiger partial charge in [-0.15, -0.1) is 0 Å². The van der Waals surface area contributed by atoms with Crippen molar-refractivity contribution in [2.45, 2.75) is 109 Å². The quantitative estimate of drug-likeness (QED) is 0.243. The maximum absolute atomic E-state index is 11.9. The van der Waals surface area contributed by atoms with Crippen molar-refractivity contribution in [3.8, 4) is 0 Å². The van der Waals surface area contributed by atoms with Crippen LogP contribution >= 0.6 is 0 Å². The summed E-state index contributed by atoms with van der Waals surface area (Å²) < 4.78 is 9.60. The summed E-state index contributed by atoms with van der Waals surface area (Å²) in [7, 11) is 0. The minimum Gasteiger partial charge on any atom is -0.505 e. The molecule has 0 saturated carbocycles. The number of esters is 2. The van der Waals surface area contributed by atoms with E-state index < -0.39 is 42.3 Å². The first-order valence-corrected chi connectivity index (χ1v) is 11.1. The maximum Gasteiger partial charge on any atom is 0.378 e. The summed E-state index contributed by atoms with van der Waals surface area (Å²) >= 11 is 0. The largest absolute Gasteiger partial charge is 0.505 e. The molecule has 7 heteroatoms. The molecule has 0 radical (unpaired) electrons. The number of cyclic esters (lactones) is 1. The third kappa shape index (κ3) is 10.1. The first-order valence-electron chi connectivity index (χ1n) is 11.1. The Morgan fingerprint density at radius 2 is 1.45 bits per heavy atom. The molecule has 29 heavy (non-hydrogen) atoms. The fraction of sp³-hybridized carbons (Fsp3) is 0.818. The molecule has 0 amide bonds. The molecular formula is C22H38O7. The van der Waals surface area contributed by atoms with Crippen molar-refractivity contribution in [1.82, 2.24) is 0 Å². The molecule has 0 aromatic heterocycles. The number of hydrogen-bond donors (Lipinski definition) is 3. The van der Waals surface area contributed by atoms with Gasteiger partial charge in [0, 0.05) is 6.42 Å². The fourth-order valence-electron chi connectivity index (χ4n) is 3.36. The van der Waals surface area contributed by atoms with Crippen LogP contribution in [0.15, 0.2) is 11.5 Å². The molecule has 0 aromatic carbocycles. The molecule has 0 fully saturated rings. The van der Waals surface area contributed by atoms with Crippen LogP contribution in [0.1, 0.15) is 96.8 Å². The lowest BCUT2D eigenvalue weighted by Crippen LogP contribution is -2.31. The van der Waals surface area contributed by atoms with Gasteiger partial charge in [0.1, 0.15) is 6.10 Å². The highest BCUT2D eigenvalue weighted by molar-refractivity contribution is 5.92. The third-order valence-corrected chi connectivity index (χ3v) is 5.16. The van der Waals surface area contributed by atoms with E-state index in [1.807, 2.05) is 0 Å². The molecule has 1 rings (SSSR count). The van der Waals surface area contributed by atoms with E-state index in [-0.39, 0.29) is 6.42 Å². The number of rotatable bonds is 17. The van der Waals surface area contributed by atoms with Crippen molar-refractivity contribution in [2.24, 2.45) is 0 Å². The second kappa shape index (κ2) is 15.3. The Balaban J connectivity index is 2.04. The lowest BCUT2D eigenvalue weighted by molar-refractivity contribution is -0.153. The van der Waals surface area contributed by atoms with Gasteiger partial charge >= 0.3 is 11.9 Å². The highest BCUT2D eigenvalue weighted by atomic mass is 16.6. The first-order chi connectivity index (χ1) is 14.0. The summed E-state index contributed by atoms with van der Waals surface area (Å²) in [5.74, 6) is -2.89. The minimum atomic E-state index is -1.46. The van der Waals surface area contributed by atoms with E-state index in [0.717, 1.165) is 19.3 Å². The molecular weight excluding hydrogens is 376 g/mol. The van der Waals surface area contributed by atoms with Crippen molar-refractivity contribution in [1.29, 1.82) is 0 Å². The van der Waals surface area contributed by atoms with Gasteiger partial charge in [0.25, 0.3) is 5.76 Å². The highest BCUT2D eigenvalue weighted by Crippen LogP contribution is 2.24. The normalized spacial score (nSPS) is 17.5. The lowest BCUT2D eigenvalue weighted by Gasteiger charge is -2.13. The number of carbonyl (C=O) groups excluding carboxylic acids is 2. The second-order valence-electron chi connectivity index (χ2n) is 7.76. The molecule has 0 aliphatic carbocycles. The maximum atomic E-state index is 11.9. The van der Waals surface area contributed by atoms with Crippen LogP contribution in [0.4, 0.5) is 0 Å². The Labute approximate surface area is 174 Å². The summed E-state index contributed by atoms with van der Waals surface area (Å²) in [5.41, 5.74) is 0. The van der Waals surface area contributed by atoms with Gasteiger partial charge in [-0.25, -0.2) is 4.79 Å². The number of unbranched alkanes of at least 4 members (excludes halogenated alkanes) is 12. The zero-order valence-corrected chi connectivity index (χ0v) is 17.7. The van der Waals surface area contributed by atoms with E-state index in [9.17, 15) is 19.8 Å². The van der Waals surface area contributed by atoms with Crippen molar-refractivity contribution in [3.05, 3.63) is 11.5 Å². The molecule has 2 atom stereocenters. The van der Waals surface area contributed by atoms with Crippen molar-refractivity contribution >= 4 is 11.9 Å². The average Bonchev–Trinajstić information content (AvgIpc) is 2.99. The Kier molecular flexibility index (Phi) is 13.4. The van der Waals surface area contributed by atoms with Crippen LogP contribution < -0.4 is 0 Å². The van der Waals surface area contributed by atoms with E-state index >= 15 is 0 Å². The van der Waals surface area contributed by atoms with E-state index in [4.69, 9.17) is 14.6 Å². The van der Waals surface area contributed by atoms with E-state index in [1.54, 1.807) is 0 Å². The van der Waals surface area contributed by atoms with Gasteiger partial charge in [-0.2, -0.15) is 0 Å². The van der Waals surface area contributed by atoms with Crippen LogP contribution in [0, 0.1) is 0 Å². The summed E-state index contributed by atoms with van der Waals surface area (Å²) in [6, 6.07) is 0. The van der Waals surface area contributed by atoms with Crippen molar-refractivity contribution in [3.63, 3.8) is 0 Å². The molecule has 7 nitrogen and oxygen atoms in total. The van der Waals surface area contributed by atoms with Crippen LogP contribution in [-0.4, -0.2) is 46.1 Å². The number of aliphatic hydroxyl groups is 3. The average molecular weight is 415 g/mol. The Morgan fingerprint density at radius 3 is 1.93 bits per heavy atom. The van der Waals surface area contributed by atoms with E-state index in [2.05, 4.69) is 6.92 Å². The smallest absolute Gasteiger partial charge is 0.378 e. The predicted molar refractivity (Wildman–Crippen MR) is 109 cm³/mol. The van der Waals surface area contributed by atoms with Gasteiger partial charge in [-0.1, -0.05) is 84.0 Å². The molecule has 0 unspecified atom stereocenters. The summed E-state index contributed by atoms with van der Waals surface area (Å²) in [6.45, 7) is 1.54. The third-order valence-electron chi connectivity index (χ3n) is 5.16. The van der Waals surface area contributed by atoms with Crippen LogP contribution in [0.2, 0.25) is 0 Å². The van der Waals surface area contributed by atoms with Gasteiger partial charge in [0.05, 0.1) is 6.61 Å². The second-order valence-corrected chi connectivity index (χ2v) is 7.76. The molecule has 1 aliphatic heterocycles. The first kappa shape index (κ1) is 25.4. The summed E-state index contributed by atoms with van der Waals surface area (Å²) in [6.07, 6.45) is 12.9. The molecule has 0 bridgehead atoms. The number of carbonyl (C=O) groups is 2. The van der Waals surface area contributed by atoms with Crippen LogP contribution in [0.3, 0.4) is 0 Å². The van der Waals surface area contributed by atoms with Gasteiger partial charge in [0.15, 0.2) is 11.9 Å². The number of hydrogen-bond acceptors (Lipinski definition) is 7. The van der Waals surface area contributed by atoms with E-state index in [0.29, 0.717) is 6.42 Å². The van der Waals surface area contributed by atoms with Crippen LogP contribution in [0.5, 0.6) is 0 Å². The highest BCUT2D eigenvalue weighted by Gasteiger charge is 2.41. The number of aliphatic hydroxyl groups excluding tert-OH is 3. The standard InChI is InChI=1S/C22H38O7/c1-2-3-4-5-6-7-8-9-10-11-12-13-14-15-18(25)28-21-19(26)20(17(24)16-23)29-22(21)27/h17,20,23-24,26H,2-16H2,1H3/t17-,20+/m0/s1. The van der Waals surface area contributed by atoms with Crippen molar-refractivity contribution < 1.29 is 34.4 Å². The van der Waals surface area contributed by atoms with Gasteiger partial charge in [-0.3, -0.25) is 4.79 Å².